The lowest BCUT2D eigenvalue weighted by Gasteiger charge is -1.80. The van der Waals surface area contributed by atoms with Gasteiger partial charge in [-0.3, -0.25) is 0 Å². The second kappa shape index (κ2) is 5.15. The Morgan fingerprint density at radius 3 is 2.83 bits per heavy atom. The highest BCUT2D eigenvalue weighted by molar-refractivity contribution is 8.22. The van der Waals surface area contributed by atoms with Crippen LogP contribution in [0.3, 0.4) is 0 Å². The Balaban J connectivity index is 2.49. The van der Waals surface area contributed by atoms with E-state index in [1.165, 1.54) is 5.75 Å². The molecule has 0 saturated carbocycles. The van der Waals surface area contributed by atoms with Crippen LogP contribution < -0.4 is 0 Å². The summed E-state index contributed by atoms with van der Waals surface area (Å²) in [5.41, 5.74) is 0. The standard InChI is InChI=1S/C4H9BS/c1-3-5-6-4-2/h3,5H,1,4H2,2H3. The summed E-state index contributed by atoms with van der Waals surface area (Å²) in [4.78, 5) is 0. The Kier molecular flexibility index (Phi) is 5.29. The van der Waals surface area contributed by atoms with Crippen molar-refractivity contribution in [3.63, 3.8) is 0 Å². The van der Waals surface area contributed by atoms with E-state index in [0.29, 0.717) is 0 Å². The molecule has 6 heavy (non-hydrogen) atoms. The molecule has 34 valence electrons. The second-order valence-corrected chi connectivity index (χ2v) is 2.27. The molecule has 2 heteroatoms. The molecule has 0 amide bonds. The van der Waals surface area contributed by atoms with Crippen molar-refractivity contribution >= 4 is 18.2 Å². The molecule has 0 aromatic carbocycles. The van der Waals surface area contributed by atoms with E-state index in [9.17, 15) is 0 Å². The first-order valence-corrected chi connectivity index (χ1v) is 3.26. The zero-order chi connectivity index (χ0) is 4.83. The summed E-state index contributed by atoms with van der Waals surface area (Å²) in [5.74, 6) is 3.13. The van der Waals surface area contributed by atoms with Crippen LogP contribution in [0.2, 0.25) is 0 Å². The maximum atomic E-state index is 3.58. The molecule has 0 aromatic rings. The van der Waals surface area contributed by atoms with E-state index in [1.807, 2.05) is 17.6 Å². The molecule has 0 spiro atoms. The van der Waals surface area contributed by atoms with Gasteiger partial charge in [0.05, 0.1) is 0 Å². The summed E-state index contributed by atoms with van der Waals surface area (Å²) in [6, 6.07) is 0. The van der Waals surface area contributed by atoms with Gasteiger partial charge in [0.25, 0.3) is 0 Å². The molecule has 0 aliphatic heterocycles. The van der Waals surface area contributed by atoms with E-state index in [1.54, 1.807) is 0 Å². The third-order valence-corrected chi connectivity index (χ3v) is 1.32. The van der Waals surface area contributed by atoms with Crippen LogP contribution in [-0.4, -0.2) is 12.3 Å². The smallest absolute Gasteiger partial charge is 0.209 e. The fraction of sp³-hybridized carbons (Fsp3) is 0.500. The summed E-state index contributed by atoms with van der Waals surface area (Å²) in [6.45, 7) is 6.82. The van der Waals surface area contributed by atoms with Gasteiger partial charge in [0.15, 0.2) is 0 Å². The summed E-state index contributed by atoms with van der Waals surface area (Å²) in [5, 5.41) is 0. The van der Waals surface area contributed by atoms with Gasteiger partial charge in [-0.15, -0.1) is 12.6 Å². The van der Waals surface area contributed by atoms with E-state index in [4.69, 9.17) is 0 Å². The number of rotatable bonds is 3. The largest absolute Gasteiger partial charge is 0.216 e. The molecule has 0 aliphatic carbocycles. The van der Waals surface area contributed by atoms with Crippen molar-refractivity contribution in [1.29, 1.82) is 0 Å². The first kappa shape index (κ1) is 6.15. The lowest BCUT2D eigenvalue weighted by atomic mass is 10.1. The number of hydrogen-bond donors (Lipinski definition) is 0. The molecule has 0 unspecified atom stereocenters. The van der Waals surface area contributed by atoms with Crippen molar-refractivity contribution in [1.82, 2.24) is 0 Å². The van der Waals surface area contributed by atoms with Crippen LogP contribution in [0.15, 0.2) is 12.6 Å². The Labute approximate surface area is 44.2 Å². The van der Waals surface area contributed by atoms with E-state index >= 15 is 0 Å². The molecule has 0 radical (unpaired) electrons. The molecule has 0 heterocycles. The summed E-state index contributed by atoms with van der Waals surface area (Å²) >= 11 is 1.89. The summed E-state index contributed by atoms with van der Waals surface area (Å²) < 4.78 is 0. The highest BCUT2D eigenvalue weighted by Crippen LogP contribution is 1.91. The lowest BCUT2D eigenvalue weighted by Crippen LogP contribution is -1.73. The second-order valence-electron chi connectivity index (χ2n) is 0.948. The van der Waals surface area contributed by atoms with Crippen molar-refractivity contribution < 1.29 is 0 Å². The molecule has 0 saturated heterocycles. The van der Waals surface area contributed by atoms with Crippen LogP contribution in [0.25, 0.3) is 0 Å². The Morgan fingerprint density at radius 1 is 2.00 bits per heavy atom. The van der Waals surface area contributed by atoms with Crippen molar-refractivity contribution in [2.45, 2.75) is 6.92 Å². The molecule has 0 fully saturated rings. The van der Waals surface area contributed by atoms with E-state index in [-0.39, 0.29) is 0 Å². The van der Waals surface area contributed by atoms with Gasteiger partial charge in [0, 0.05) is 0 Å². The molecule has 0 atom stereocenters. The van der Waals surface area contributed by atoms with Gasteiger partial charge < -0.3 is 0 Å². The number of hydrogen-bond acceptors (Lipinski definition) is 1. The Hall–Kier alpha value is 0.155. The SMILES string of the molecule is C=CBSCC. The quantitative estimate of drug-likeness (QED) is 0.379. The molecule has 0 bridgehead atoms. The van der Waals surface area contributed by atoms with Crippen LogP contribution in [0.1, 0.15) is 6.92 Å². The van der Waals surface area contributed by atoms with Gasteiger partial charge in [-0.2, -0.15) is 0 Å². The van der Waals surface area contributed by atoms with Gasteiger partial charge in [-0.25, -0.2) is 11.6 Å². The van der Waals surface area contributed by atoms with E-state index in [2.05, 4.69) is 13.5 Å². The van der Waals surface area contributed by atoms with Gasteiger partial charge in [-0.1, -0.05) is 6.92 Å². The van der Waals surface area contributed by atoms with Crippen molar-refractivity contribution in [3.8, 4) is 0 Å². The van der Waals surface area contributed by atoms with Crippen LogP contribution in [0.4, 0.5) is 0 Å². The highest BCUT2D eigenvalue weighted by atomic mass is 32.2. The molecular formula is C4H9BS. The maximum absolute atomic E-state index is 3.58. The predicted molar refractivity (Wildman–Crippen MR) is 35.5 cm³/mol. The van der Waals surface area contributed by atoms with Crippen LogP contribution in [0, 0.1) is 0 Å². The van der Waals surface area contributed by atoms with Gasteiger partial charge >= 0.3 is 0 Å². The lowest BCUT2D eigenvalue weighted by molar-refractivity contribution is 1.54. The van der Waals surface area contributed by atoms with Crippen molar-refractivity contribution in [2.24, 2.45) is 0 Å². The predicted octanol–water partition coefficient (Wildman–Crippen LogP) is 1.23. The van der Waals surface area contributed by atoms with Crippen molar-refractivity contribution in [3.05, 3.63) is 12.6 Å². The van der Waals surface area contributed by atoms with E-state index in [0.717, 1.165) is 6.56 Å². The van der Waals surface area contributed by atoms with Gasteiger partial charge in [0.2, 0.25) is 6.56 Å². The van der Waals surface area contributed by atoms with Crippen LogP contribution in [0.5, 0.6) is 0 Å². The van der Waals surface area contributed by atoms with Crippen LogP contribution >= 0.6 is 11.6 Å². The monoisotopic (exact) mass is 100 g/mol. The molecule has 0 nitrogen and oxygen atoms in total. The summed E-state index contributed by atoms with van der Waals surface area (Å²) in [7, 11) is 0. The fourth-order valence-corrected chi connectivity index (χ4v) is 0.604. The average molecular weight is 100.0 g/mol. The third-order valence-electron chi connectivity index (χ3n) is 0.440. The maximum Gasteiger partial charge on any atom is 0.216 e. The first-order chi connectivity index (χ1) is 2.91. The Bertz CT molecular complexity index is 36.5. The third kappa shape index (κ3) is 4.15. The normalized spacial score (nSPS) is 7.50. The topological polar surface area (TPSA) is 0 Å². The zero-order valence-corrected chi connectivity index (χ0v) is 4.92. The summed E-state index contributed by atoms with van der Waals surface area (Å²) in [6.07, 6.45) is 0. The fourth-order valence-electron chi connectivity index (χ4n) is 0.201. The van der Waals surface area contributed by atoms with E-state index < -0.39 is 0 Å². The molecular weight excluding hydrogens is 90.9 g/mol. The molecule has 0 N–H and O–H groups in total. The molecule has 0 aliphatic rings. The molecule has 0 aromatic heterocycles. The zero-order valence-electron chi connectivity index (χ0n) is 4.11. The minimum absolute atomic E-state index is 1.09. The van der Waals surface area contributed by atoms with Crippen LogP contribution in [-0.2, 0) is 0 Å². The average Bonchev–Trinajstić information content (AvgIpc) is 1.61. The van der Waals surface area contributed by atoms with Crippen molar-refractivity contribution in [2.75, 3.05) is 5.75 Å². The van der Waals surface area contributed by atoms with Gasteiger partial charge in [0.1, 0.15) is 0 Å². The highest BCUT2D eigenvalue weighted by Gasteiger charge is 1.74. The molecule has 0 rings (SSSR count). The minimum Gasteiger partial charge on any atom is -0.209 e. The Morgan fingerprint density at radius 2 is 2.67 bits per heavy atom. The minimum atomic E-state index is 1.09. The van der Waals surface area contributed by atoms with Gasteiger partial charge in [-0.05, 0) is 5.75 Å². The first-order valence-electron chi connectivity index (χ1n) is 2.10.